The number of fused-ring (bicyclic) bond motifs is 7. The Morgan fingerprint density at radius 3 is 1.67 bits per heavy atom. The molecule has 0 saturated carbocycles. The van der Waals surface area contributed by atoms with Crippen molar-refractivity contribution in [3.63, 3.8) is 0 Å². The van der Waals surface area contributed by atoms with Gasteiger partial charge in [0.2, 0.25) is 0 Å². The van der Waals surface area contributed by atoms with Gasteiger partial charge in [-0.05, 0) is 63.4 Å². The van der Waals surface area contributed by atoms with Crippen LogP contribution in [-0.4, -0.2) is 15.0 Å². The molecule has 0 unspecified atom stereocenters. The summed E-state index contributed by atoms with van der Waals surface area (Å²) in [5.41, 5.74) is 9.20. The van der Waals surface area contributed by atoms with Crippen LogP contribution in [-0.2, 0) is 0 Å². The lowest BCUT2D eigenvalue weighted by Crippen LogP contribution is -2.01. The number of thiophene rings is 1. The number of para-hydroxylation sites is 1. The molecule has 0 aliphatic rings. The smallest absolute Gasteiger partial charge is 0.164 e. The number of hydrogen-bond acceptors (Lipinski definition) is 5. The first-order valence-corrected chi connectivity index (χ1v) is 18.8. The van der Waals surface area contributed by atoms with E-state index in [1.807, 2.05) is 65.9 Å². The maximum Gasteiger partial charge on any atom is 0.164 e. The molecule has 3 aromatic heterocycles. The highest BCUT2D eigenvalue weighted by molar-refractivity contribution is 7.26. The Balaban J connectivity index is 1.13. The number of hydrogen-bond donors (Lipinski definition) is 0. The molecule has 252 valence electrons. The molecular weight excluding hydrogens is 679 g/mol. The summed E-state index contributed by atoms with van der Waals surface area (Å²) in [6, 6.07) is 61.6. The topological polar surface area (TPSA) is 51.8 Å². The van der Waals surface area contributed by atoms with E-state index in [-0.39, 0.29) is 0 Å². The Labute approximate surface area is 314 Å². The number of furan rings is 1. The number of nitrogens with zero attached hydrogens (tertiary/aromatic N) is 3. The number of benzene rings is 8. The molecule has 5 heteroatoms. The van der Waals surface area contributed by atoms with Gasteiger partial charge in [0.15, 0.2) is 17.5 Å². The normalized spacial score (nSPS) is 11.7. The first-order chi connectivity index (χ1) is 26.7. The van der Waals surface area contributed by atoms with Gasteiger partial charge in [0.05, 0.1) is 0 Å². The van der Waals surface area contributed by atoms with Gasteiger partial charge in [-0.15, -0.1) is 11.3 Å². The summed E-state index contributed by atoms with van der Waals surface area (Å²) in [6.45, 7) is 0. The third kappa shape index (κ3) is 5.01. The minimum atomic E-state index is 0.593. The van der Waals surface area contributed by atoms with Gasteiger partial charge in [-0.3, -0.25) is 0 Å². The molecule has 54 heavy (non-hydrogen) atoms. The highest BCUT2D eigenvalue weighted by atomic mass is 32.1. The zero-order valence-corrected chi connectivity index (χ0v) is 29.7. The van der Waals surface area contributed by atoms with Crippen LogP contribution in [0.3, 0.4) is 0 Å². The van der Waals surface area contributed by atoms with Gasteiger partial charge in [0, 0.05) is 47.6 Å². The van der Waals surface area contributed by atoms with Crippen LogP contribution < -0.4 is 0 Å². The molecule has 3 heterocycles. The SMILES string of the molecule is c1ccc(-c2nc(-c3ccc4c(c3)oc3ccccc34)nc(-c3cc(-c4cccc5c4sc4c(-c6ccccc6)cccc45)cc4ccccc34)n2)cc1. The lowest BCUT2D eigenvalue weighted by Gasteiger charge is -2.13. The van der Waals surface area contributed by atoms with E-state index in [0.717, 1.165) is 55.0 Å². The zero-order chi connectivity index (χ0) is 35.6. The molecule has 8 aromatic carbocycles. The largest absolute Gasteiger partial charge is 0.456 e. The van der Waals surface area contributed by atoms with Crippen LogP contribution in [0.1, 0.15) is 0 Å². The molecule has 0 amide bonds. The monoisotopic (exact) mass is 707 g/mol. The molecule has 0 N–H and O–H groups in total. The quantitative estimate of drug-likeness (QED) is 0.179. The second-order valence-corrected chi connectivity index (χ2v) is 14.6. The van der Waals surface area contributed by atoms with Gasteiger partial charge in [0.1, 0.15) is 11.2 Å². The van der Waals surface area contributed by atoms with Crippen LogP contribution >= 0.6 is 11.3 Å². The molecule has 0 saturated heterocycles. The second kappa shape index (κ2) is 12.3. The van der Waals surface area contributed by atoms with Crippen molar-refractivity contribution in [2.75, 3.05) is 0 Å². The molecule has 0 aliphatic carbocycles. The van der Waals surface area contributed by atoms with Crippen molar-refractivity contribution < 1.29 is 4.42 Å². The van der Waals surface area contributed by atoms with E-state index < -0.39 is 0 Å². The molecule has 4 nitrogen and oxygen atoms in total. The summed E-state index contributed by atoms with van der Waals surface area (Å²) in [5.74, 6) is 1.84. The first kappa shape index (κ1) is 30.7. The highest BCUT2D eigenvalue weighted by Gasteiger charge is 2.19. The van der Waals surface area contributed by atoms with Crippen LogP contribution in [0.5, 0.6) is 0 Å². The average Bonchev–Trinajstić information content (AvgIpc) is 3.82. The fourth-order valence-electron chi connectivity index (χ4n) is 7.75. The van der Waals surface area contributed by atoms with E-state index in [1.165, 1.54) is 36.9 Å². The van der Waals surface area contributed by atoms with Crippen molar-refractivity contribution in [2.24, 2.45) is 0 Å². The average molecular weight is 708 g/mol. The standard InChI is InChI=1S/C49H29N3OS/c1-3-13-30(14-4-1)36-20-11-22-40-41-23-12-21-37(46(41)54-45(36)40)34-27-32-17-7-8-18-35(32)42(28-34)49-51-47(31-15-5-2-6-16-31)50-48(52-49)33-25-26-39-38-19-9-10-24-43(38)53-44(39)29-33/h1-29H. The maximum absolute atomic E-state index is 6.29. The van der Waals surface area contributed by atoms with E-state index in [9.17, 15) is 0 Å². The fourth-order valence-corrected chi connectivity index (χ4v) is 9.12. The predicted molar refractivity (Wildman–Crippen MR) is 225 cm³/mol. The molecule has 0 spiro atoms. The Bertz CT molecular complexity index is 3220. The Morgan fingerprint density at radius 1 is 0.333 bits per heavy atom. The summed E-state index contributed by atoms with van der Waals surface area (Å²) in [5, 5.41) is 6.90. The van der Waals surface area contributed by atoms with Crippen molar-refractivity contribution in [2.45, 2.75) is 0 Å². The third-order valence-electron chi connectivity index (χ3n) is 10.3. The van der Waals surface area contributed by atoms with Gasteiger partial charge in [0.25, 0.3) is 0 Å². The Morgan fingerprint density at radius 2 is 0.907 bits per heavy atom. The fraction of sp³-hybridized carbons (Fsp3) is 0. The summed E-state index contributed by atoms with van der Waals surface area (Å²) in [4.78, 5) is 15.5. The van der Waals surface area contributed by atoms with Crippen LogP contribution in [0.25, 0.3) is 109 Å². The van der Waals surface area contributed by atoms with Gasteiger partial charge >= 0.3 is 0 Å². The zero-order valence-electron chi connectivity index (χ0n) is 28.9. The summed E-state index contributed by atoms with van der Waals surface area (Å²) >= 11 is 1.86. The summed E-state index contributed by atoms with van der Waals surface area (Å²) in [7, 11) is 0. The molecule has 0 atom stereocenters. The van der Waals surface area contributed by atoms with Crippen molar-refractivity contribution in [3.8, 4) is 56.4 Å². The van der Waals surface area contributed by atoms with Crippen molar-refractivity contribution in [1.29, 1.82) is 0 Å². The number of rotatable bonds is 5. The second-order valence-electron chi connectivity index (χ2n) is 13.6. The van der Waals surface area contributed by atoms with Crippen molar-refractivity contribution in [3.05, 3.63) is 176 Å². The predicted octanol–water partition coefficient (Wildman–Crippen LogP) is 13.6. The maximum atomic E-state index is 6.29. The van der Waals surface area contributed by atoms with Crippen LogP contribution in [0.2, 0.25) is 0 Å². The van der Waals surface area contributed by atoms with Gasteiger partial charge in [-0.1, -0.05) is 146 Å². The van der Waals surface area contributed by atoms with E-state index in [1.54, 1.807) is 0 Å². The van der Waals surface area contributed by atoms with E-state index in [0.29, 0.717) is 17.5 Å². The van der Waals surface area contributed by atoms with Gasteiger partial charge in [-0.2, -0.15) is 0 Å². The van der Waals surface area contributed by atoms with E-state index in [2.05, 4.69) is 121 Å². The summed E-state index contributed by atoms with van der Waals surface area (Å²) in [6.07, 6.45) is 0. The third-order valence-corrected chi connectivity index (χ3v) is 11.6. The molecule has 11 rings (SSSR count). The molecule has 0 aliphatic heterocycles. The lowest BCUT2D eigenvalue weighted by molar-refractivity contribution is 0.669. The minimum Gasteiger partial charge on any atom is -0.456 e. The van der Waals surface area contributed by atoms with Crippen LogP contribution in [0, 0.1) is 0 Å². The van der Waals surface area contributed by atoms with Crippen LogP contribution in [0.4, 0.5) is 0 Å². The van der Waals surface area contributed by atoms with Crippen molar-refractivity contribution in [1.82, 2.24) is 15.0 Å². The van der Waals surface area contributed by atoms with Gasteiger partial charge < -0.3 is 4.42 Å². The van der Waals surface area contributed by atoms with Crippen LogP contribution in [0.15, 0.2) is 180 Å². The first-order valence-electron chi connectivity index (χ1n) is 18.0. The number of aromatic nitrogens is 3. The highest BCUT2D eigenvalue weighted by Crippen LogP contribution is 2.45. The lowest BCUT2D eigenvalue weighted by atomic mass is 9.95. The molecule has 0 radical (unpaired) electrons. The molecule has 0 fully saturated rings. The Hall–Kier alpha value is -6.95. The summed E-state index contributed by atoms with van der Waals surface area (Å²) < 4.78 is 8.84. The van der Waals surface area contributed by atoms with E-state index >= 15 is 0 Å². The van der Waals surface area contributed by atoms with Gasteiger partial charge in [-0.25, -0.2) is 15.0 Å². The molecule has 0 bridgehead atoms. The van der Waals surface area contributed by atoms with Crippen molar-refractivity contribution >= 4 is 64.2 Å². The van der Waals surface area contributed by atoms with E-state index in [4.69, 9.17) is 19.4 Å². The Kier molecular flexibility index (Phi) is 7.00. The molecule has 11 aromatic rings. The molecular formula is C49H29N3OS. The minimum absolute atomic E-state index is 0.593.